The van der Waals surface area contributed by atoms with Crippen LogP contribution in [0, 0.1) is 6.57 Å². The van der Waals surface area contributed by atoms with Crippen LogP contribution in [-0.4, -0.2) is 81.4 Å². The Morgan fingerprint density at radius 1 is 0.852 bits per heavy atom. The van der Waals surface area contributed by atoms with Crippen molar-refractivity contribution in [1.82, 2.24) is 25.3 Å². The van der Waals surface area contributed by atoms with Gasteiger partial charge in [-0.25, -0.2) is 4.85 Å². The van der Waals surface area contributed by atoms with E-state index >= 15 is 0 Å². The third kappa shape index (κ3) is 6.83. The maximum Gasteiger partial charge on any atom is 0.262 e. The summed E-state index contributed by atoms with van der Waals surface area (Å²) < 4.78 is 6.09. The zero-order valence-electron chi connectivity index (χ0n) is 29.4. The number of imide groups is 2. The first-order chi connectivity index (χ1) is 26.0. The van der Waals surface area contributed by atoms with E-state index in [4.69, 9.17) is 22.9 Å². The second-order valence-corrected chi connectivity index (χ2v) is 15.0. The lowest BCUT2D eigenvalue weighted by atomic mass is 9.92. The Labute approximate surface area is 316 Å². The van der Waals surface area contributed by atoms with Gasteiger partial charge < -0.3 is 15.0 Å². The second kappa shape index (κ2) is 14.3. The SMILES string of the molecule is [C-]#[N+]c1ccc(OC2CCC(NC(=O)c3ccc4c(c3)CCN(C(=O)CN3Cc5cc6c(cc5C3)C(=O)N(C3CCC(=O)NC3=O)C6=O)C4)CC2)cc1Cl. The van der Waals surface area contributed by atoms with Crippen molar-refractivity contribution in [2.45, 2.75) is 82.8 Å². The number of piperidine rings is 1. The number of amides is 6. The van der Waals surface area contributed by atoms with Gasteiger partial charge in [-0.15, -0.1) is 0 Å². The number of nitrogens with zero attached hydrogens (tertiary/aromatic N) is 4. The van der Waals surface area contributed by atoms with Gasteiger partial charge in [-0.1, -0.05) is 23.7 Å². The predicted octanol–water partition coefficient (Wildman–Crippen LogP) is 4.31. The largest absolute Gasteiger partial charge is 0.490 e. The van der Waals surface area contributed by atoms with E-state index in [1.807, 2.05) is 28.0 Å². The van der Waals surface area contributed by atoms with E-state index in [0.29, 0.717) is 54.6 Å². The van der Waals surface area contributed by atoms with Crippen molar-refractivity contribution in [2.24, 2.45) is 0 Å². The molecule has 0 aromatic heterocycles. The van der Waals surface area contributed by atoms with Crippen LogP contribution in [0.25, 0.3) is 4.85 Å². The fraction of sp³-hybridized carbons (Fsp3) is 0.375. The van der Waals surface area contributed by atoms with E-state index in [-0.39, 0.29) is 54.5 Å². The highest BCUT2D eigenvalue weighted by atomic mass is 35.5. The summed E-state index contributed by atoms with van der Waals surface area (Å²) in [5.41, 5.74) is 5.24. The van der Waals surface area contributed by atoms with E-state index in [2.05, 4.69) is 15.5 Å². The van der Waals surface area contributed by atoms with E-state index in [1.54, 1.807) is 30.3 Å². The van der Waals surface area contributed by atoms with Crippen LogP contribution in [0.4, 0.5) is 5.69 Å². The number of ether oxygens (including phenoxy) is 1. The number of carbonyl (C=O) groups excluding carboxylic acids is 6. The molecule has 1 saturated carbocycles. The highest BCUT2D eigenvalue weighted by molar-refractivity contribution is 6.33. The smallest absolute Gasteiger partial charge is 0.262 e. The summed E-state index contributed by atoms with van der Waals surface area (Å²) in [6, 6.07) is 13.2. The molecule has 6 amide bonds. The van der Waals surface area contributed by atoms with Crippen LogP contribution in [0.3, 0.4) is 0 Å². The van der Waals surface area contributed by atoms with Crippen molar-refractivity contribution in [3.63, 3.8) is 0 Å². The predicted molar refractivity (Wildman–Crippen MR) is 195 cm³/mol. The molecule has 1 atom stereocenters. The Hall–Kier alpha value is -5.58. The number of nitrogens with one attached hydrogen (secondary N) is 2. The molecule has 13 nitrogen and oxygen atoms in total. The maximum atomic E-state index is 13.5. The molecule has 54 heavy (non-hydrogen) atoms. The van der Waals surface area contributed by atoms with Crippen molar-refractivity contribution >= 4 is 52.7 Å². The number of carbonyl (C=O) groups is 6. The van der Waals surface area contributed by atoms with Crippen molar-refractivity contribution in [3.05, 3.63) is 104 Å². The normalized spacial score (nSPS) is 22.3. The molecule has 3 aromatic rings. The molecule has 276 valence electrons. The van der Waals surface area contributed by atoms with Crippen LogP contribution < -0.4 is 15.4 Å². The van der Waals surface area contributed by atoms with E-state index in [9.17, 15) is 28.8 Å². The number of hydrogen-bond donors (Lipinski definition) is 2. The maximum absolute atomic E-state index is 13.5. The van der Waals surface area contributed by atoms with Gasteiger partial charge in [0.2, 0.25) is 23.4 Å². The van der Waals surface area contributed by atoms with Crippen LogP contribution in [0.15, 0.2) is 48.5 Å². The average molecular weight is 749 g/mol. The molecule has 1 saturated heterocycles. The van der Waals surface area contributed by atoms with Gasteiger partial charge in [0.15, 0.2) is 0 Å². The lowest BCUT2D eigenvalue weighted by Crippen LogP contribution is -2.54. The van der Waals surface area contributed by atoms with Gasteiger partial charge in [0.25, 0.3) is 17.7 Å². The molecule has 5 aliphatic rings. The Morgan fingerprint density at radius 2 is 1.57 bits per heavy atom. The minimum absolute atomic E-state index is 0.0141. The van der Waals surface area contributed by atoms with E-state index in [0.717, 1.165) is 52.8 Å². The number of rotatable bonds is 7. The van der Waals surface area contributed by atoms with Crippen LogP contribution in [0.5, 0.6) is 5.75 Å². The summed E-state index contributed by atoms with van der Waals surface area (Å²) in [4.78, 5) is 85.4. The number of halogens is 1. The highest BCUT2D eigenvalue weighted by Crippen LogP contribution is 2.34. The molecular formula is C40H37ClN6O7. The summed E-state index contributed by atoms with van der Waals surface area (Å²) in [7, 11) is 0. The molecule has 0 spiro atoms. The summed E-state index contributed by atoms with van der Waals surface area (Å²) in [5.74, 6) is -1.66. The number of hydrogen-bond acceptors (Lipinski definition) is 8. The second-order valence-electron chi connectivity index (χ2n) is 14.6. The van der Waals surface area contributed by atoms with Gasteiger partial charge in [0.05, 0.1) is 35.4 Å². The summed E-state index contributed by atoms with van der Waals surface area (Å²) in [6.07, 6.45) is 3.96. The minimum atomic E-state index is -1.01. The number of fused-ring (bicyclic) bond motifs is 3. The van der Waals surface area contributed by atoms with Crippen molar-refractivity contribution < 1.29 is 33.5 Å². The van der Waals surface area contributed by atoms with E-state index in [1.165, 1.54) is 0 Å². The Morgan fingerprint density at radius 3 is 2.24 bits per heavy atom. The number of benzene rings is 3. The first-order valence-corrected chi connectivity index (χ1v) is 18.6. The molecule has 1 unspecified atom stereocenters. The van der Waals surface area contributed by atoms with Gasteiger partial charge in [0.1, 0.15) is 11.8 Å². The summed E-state index contributed by atoms with van der Waals surface area (Å²) >= 11 is 6.15. The lowest BCUT2D eigenvalue weighted by molar-refractivity contribution is -0.136. The third-order valence-electron chi connectivity index (χ3n) is 11.1. The monoisotopic (exact) mass is 748 g/mol. The van der Waals surface area contributed by atoms with Gasteiger partial charge in [0, 0.05) is 44.2 Å². The molecule has 2 N–H and O–H groups in total. The van der Waals surface area contributed by atoms with Gasteiger partial charge in [-0.2, -0.15) is 0 Å². The zero-order valence-corrected chi connectivity index (χ0v) is 30.1. The van der Waals surface area contributed by atoms with Gasteiger partial charge in [-0.3, -0.25) is 43.9 Å². The zero-order chi connectivity index (χ0) is 37.7. The molecule has 0 radical (unpaired) electrons. The molecular weight excluding hydrogens is 712 g/mol. The van der Waals surface area contributed by atoms with Crippen molar-refractivity contribution in [3.8, 4) is 5.75 Å². The lowest BCUT2D eigenvalue weighted by Gasteiger charge is -2.31. The summed E-state index contributed by atoms with van der Waals surface area (Å²) in [6.45, 7) is 9.18. The van der Waals surface area contributed by atoms with Crippen LogP contribution in [0.2, 0.25) is 5.02 Å². The fourth-order valence-electron chi connectivity index (χ4n) is 8.19. The average Bonchev–Trinajstić information content (AvgIpc) is 3.66. The standard InChI is InChI=1S/C40H37ClN6O7/c1-42-33-9-8-29(17-32(33)41)54-28-6-4-27(5-7-28)43-37(50)23-2-3-24-20-46(13-12-22(24)14-23)36(49)21-45-18-25-15-30-31(16-26(25)19-45)40(53)47(39(30)52)34-10-11-35(48)44-38(34)51/h2-3,8-9,14-17,27-28,34H,4-7,10-13,18-21H2,(H,43,50)(H,44,48,51). The molecule has 8 rings (SSSR count). The Bertz CT molecular complexity index is 2130. The molecule has 3 aromatic carbocycles. The molecule has 14 heteroatoms. The van der Waals surface area contributed by atoms with Gasteiger partial charge in [-0.05, 0) is 97.2 Å². The summed E-state index contributed by atoms with van der Waals surface area (Å²) in [5, 5.41) is 5.76. The minimum Gasteiger partial charge on any atom is -0.490 e. The molecule has 2 fully saturated rings. The highest BCUT2D eigenvalue weighted by Gasteiger charge is 2.45. The van der Waals surface area contributed by atoms with Crippen LogP contribution in [0.1, 0.15) is 91.9 Å². The first kappa shape index (κ1) is 35.4. The molecule has 4 heterocycles. The van der Waals surface area contributed by atoms with E-state index < -0.39 is 29.7 Å². The van der Waals surface area contributed by atoms with Crippen molar-refractivity contribution in [2.75, 3.05) is 13.1 Å². The molecule has 4 aliphatic heterocycles. The van der Waals surface area contributed by atoms with Gasteiger partial charge >= 0.3 is 0 Å². The quantitative estimate of drug-likeness (QED) is 0.268. The fourth-order valence-corrected chi connectivity index (χ4v) is 8.40. The Kier molecular flexibility index (Phi) is 9.41. The Balaban J connectivity index is 0.819. The first-order valence-electron chi connectivity index (χ1n) is 18.2. The molecule has 1 aliphatic carbocycles. The third-order valence-corrected chi connectivity index (χ3v) is 11.4. The van der Waals surface area contributed by atoms with Crippen molar-refractivity contribution in [1.29, 1.82) is 0 Å². The topological polar surface area (TPSA) is 150 Å². The van der Waals surface area contributed by atoms with Crippen LogP contribution >= 0.6 is 11.6 Å². The molecule has 0 bridgehead atoms. The van der Waals surface area contributed by atoms with Crippen LogP contribution in [-0.2, 0) is 40.4 Å².